The number of rotatable bonds is 6. The van der Waals surface area contributed by atoms with Crippen LogP contribution in [-0.2, 0) is 14.3 Å². The van der Waals surface area contributed by atoms with Crippen LogP contribution in [0.2, 0.25) is 0 Å². The van der Waals surface area contributed by atoms with Gasteiger partial charge in [-0.05, 0) is 23.8 Å². The van der Waals surface area contributed by atoms with Gasteiger partial charge in [0.2, 0.25) is 11.8 Å². The van der Waals surface area contributed by atoms with Crippen molar-refractivity contribution in [1.29, 1.82) is 0 Å². The molecule has 1 saturated heterocycles. The van der Waals surface area contributed by atoms with E-state index in [-0.39, 0.29) is 24.7 Å². The van der Waals surface area contributed by atoms with Crippen LogP contribution in [0, 0.1) is 0 Å². The minimum atomic E-state index is -0.398. The van der Waals surface area contributed by atoms with Gasteiger partial charge in [-0.15, -0.1) is 0 Å². The molecule has 0 unspecified atom stereocenters. The summed E-state index contributed by atoms with van der Waals surface area (Å²) in [5.74, 6) is -0.444. The summed E-state index contributed by atoms with van der Waals surface area (Å²) in [6.07, 6.45) is 0.440. The Balaban J connectivity index is 1.29. The zero-order chi connectivity index (χ0) is 20.9. The summed E-state index contributed by atoms with van der Waals surface area (Å²) >= 11 is 0. The number of hydrogen-bond donors (Lipinski definition) is 1. The second-order valence-electron chi connectivity index (χ2n) is 7.04. The topological polar surface area (TPSA) is 91.3 Å². The molecule has 1 N–H and O–H groups in total. The molecule has 4 rings (SSSR count). The number of nitrogens with zero attached hydrogens (tertiary/aromatic N) is 3. The van der Waals surface area contributed by atoms with E-state index in [1.54, 1.807) is 24.3 Å². The second-order valence-corrected chi connectivity index (χ2v) is 7.04. The highest BCUT2D eigenvalue weighted by atomic mass is 16.6. The van der Waals surface area contributed by atoms with Crippen LogP contribution >= 0.6 is 0 Å². The van der Waals surface area contributed by atoms with Crippen molar-refractivity contribution in [3.05, 3.63) is 60.2 Å². The van der Waals surface area contributed by atoms with E-state index in [0.29, 0.717) is 37.5 Å². The van der Waals surface area contributed by atoms with Gasteiger partial charge < -0.3 is 10.1 Å². The van der Waals surface area contributed by atoms with Crippen LogP contribution in [-0.4, -0.2) is 48.3 Å². The first-order valence-corrected chi connectivity index (χ1v) is 9.87. The Morgan fingerprint density at radius 1 is 1.03 bits per heavy atom. The van der Waals surface area contributed by atoms with Crippen LogP contribution in [0.15, 0.2) is 59.7 Å². The van der Waals surface area contributed by atoms with E-state index in [0.717, 1.165) is 11.3 Å². The summed E-state index contributed by atoms with van der Waals surface area (Å²) in [5.41, 5.74) is 3.11. The van der Waals surface area contributed by atoms with Gasteiger partial charge in [-0.25, -0.2) is 9.80 Å². The van der Waals surface area contributed by atoms with E-state index >= 15 is 0 Å². The fourth-order valence-electron chi connectivity index (χ4n) is 3.42. The molecule has 0 aliphatic carbocycles. The fraction of sp³-hybridized carbons (Fsp3) is 0.273. The molecule has 2 aromatic rings. The maximum Gasteiger partial charge on any atom is 0.414 e. The molecule has 3 amide bonds. The average molecular weight is 406 g/mol. The van der Waals surface area contributed by atoms with E-state index in [4.69, 9.17) is 4.74 Å². The lowest BCUT2D eigenvalue weighted by Crippen LogP contribution is -2.25. The molecule has 8 nitrogen and oxygen atoms in total. The molecule has 30 heavy (non-hydrogen) atoms. The summed E-state index contributed by atoms with van der Waals surface area (Å²) in [5, 5.41) is 8.62. The molecule has 8 heteroatoms. The predicted octanol–water partition coefficient (Wildman–Crippen LogP) is 3.00. The highest BCUT2D eigenvalue weighted by Crippen LogP contribution is 2.22. The zero-order valence-corrected chi connectivity index (χ0v) is 16.4. The van der Waals surface area contributed by atoms with Crippen LogP contribution in [0.4, 0.5) is 16.2 Å². The maximum absolute atomic E-state index is 12.4. The van der Waals surface area contributed by atoms with E-state index in [1.165, 1.54) is 9.91 Å². The SMILES string of the molecule is O=C(CCC(=O)N1CCC(c2ccccc2)=N1)Nc1cccc(N2CCOC2=O)c1. The molecule has 0 saturated carbocycles. The van der Waals surface area contributed by atoms with E-state index < -0.39 is 6.09 Å². The molecule has 2 aromatic carbocycles. The van der Waals surface area contributed by atoms with E-state index in [1.807, 2.05) is 30.3 Å². The van der Waals surface area contributed by atoms with Gasteiger partial charge in [0.25, 0.3) is 0 Å². The molecule has 0 aromatic heterocycles. The Morgan fingerprint density at radius 3 is 2.63 bits per heavy atom. The van der Waals surface area contributed by atoms with Gasteiger partial charge in [-0.3, -0.25) is 14.5 Å². The molecule has 1 fully saturated rings. The average Bonchev–Trinajstić information content (AvgIpc) is 3.42. The van der Waals surface area contributed by atoms with Crippen molar-refractivity contribution in [1.82, 2.24) is 5.01 Å². The first kappa shape index (κ1) is 19.6. The first-order valence-electron chi connectivity index (χ1n) is 9.87. The normalized spacial score (nSPS) is 15.7. The molecule has 2 aliphatic heterocycles. The molecule has 0 atom stereocenters. The largest absolute Gasteiger partial charge is 0.447 e. The van der Waals surface area contributed by atoms with Crippen molar-refractivity contribution in [2.24, 2.45) is 5.10 Å². The Morgan fingerprint density at radius 2 is 1.87 bits per heavy atom. The highest BCUT2D eigenvalue weighted by molar-refractivity contribution is 6.03. The van der Waals surface area contributed by atoms with Crippen LogP contribution in [0.1, 0.15) is 24.8 Å². The van der Waals surface area contributed by atoms with E-state index in [2.05, 4.69) is 10.4 Å². The molecule has 0 radical (unpaired) electrons. The number of benzene rings is 2. The third kappa shape index (κ3) is 4.48. The monoisotopic (exact) mass is 406 g/mol. The van der Waals surface area contributed by atoms with Crippen molar-refractivity contribution in [3.63, 3.8) is 0 Å². The van der Waals surface area contributed by atoms with Crippen molar-refractivity contribution in [3.8, 4) is 0 Å². The minimum Gasteiger partial charge on any atom is -0.447 e. The molecule has 0 bridgehead atoms. The van der Waals surface area contributed by atoms with Crippen LogP contribution < -0.4 is 10.2 Å². The quantitative estimate of drug-likeness (QED) is 0.798. The molecule has 154 valence electrons. The van der Waals surface area contributed by atoms with Crippen LogP contribution in [0.3, 0.4) is 0 Å². The van der Waals surface area contributed by atoms with Crippen molar-refractivity contribution in [2.45, 2.75) is 19.3 Å². The lowest BCUT2D eigenvalue weighted by atomic mass is 10.1. The van der Waals surface area contributed by atoms with Gasteiger partial charge in [0, 0.05) is 30.6 Å². The summed E-state index contributed by atoms with van der Waals surface area (Å²) < 4.78 is 4.94. The summed E-state index contributed by atoms with van der Waals surface area (Å²) in [7, 11) is 0. The third-order valence-electron chi connectivity index (χ3n) is 4.97. The number of ether oxygens (including phenoxy) is 1. The van der Waals surface area contributed by atoms with Crippen LogP contribution in [0.5, 0.6) is 0 Å². The van der Waals surface area contributed by atoms with Gasteiger partial charge in [-0.2, -0.15) is 5.10 Å². The molecule has 2 heterocycles. The number of amides is 3. The second kappa shape index (κ2) is 8.77. The maximum atomic E-state index is 12.4. The van der Waals surface area contributed by atoms with Gasteiger partial charge in [0.1, 0.15) is 6.61 Å². The first-order chi connectivity index (χ1) is 14.6. The Bertz CT molecular complexity index is 990. The number of carbonyl (C=O) groups is 3. The molecule has 2 aliphatic rings. The summed E-state index contributed by atoms with van der Waals surface area (Å²) in [4.78, 5) is 37.9. The highest BCUT2D eigenvalue weighted by Gasteiger charge is 2.24. The van der Waals surface area contributed by atoms with Crippen molar-refractivity contribution < 1.29 is 19.1 Å². The smallest absolute Gasteiger partial charge is 0.414 e. The van der Waals surface area contributed by atoms with E-state index in [9.17, 15) is 14.4 Å². The van der Waals surface area contributed by atoms with Crippen LogP contribution in [0.25, 0.3) is 0 Å². The zero-order valence-electron chi connectivity index (χ0n) is 16.4. The number of anilines is 2. The van der Waals surface area contributed by atoms with Gasteiger partial charge >= 0.3 is 6.09 Å². The van der Waals surface area contributed by atoms with Gasteiger partial charge in [0.15, 0.2) is 0 Å². The number of carbonyl (C=O) groups excluding carboxylic acids is 3. The number of hydrazone groups is 1. The van der Waals surface area contributed by atoms with Gasteiger partial charge in [0.05, 0.1) is 18.8 Å². The Labute approximate surface area is 174 Å². The minimum absolute atomic E-state index is 0.0571. The lowest BCUT2D eigenvalue weighted by Gasteiger charge is -2.14. The summed E-state index contributed by atoms with van der Waals surface area (Å²) in [6, 6.07) is 16.7. The van der Waals surface area contributed by atoms with Crippen molar-refractivity contribution >= 4 is 35.0 Å². The molecular weight excluding hydrogens is 384 g/mol. The Hall–Kier alpha value is -3.68. The van der Waals surface area contributed by atoms with Gasteiger partial charge in [-0.1, -0.05) is 36.4 Å². The predicted molar refractivity (Wildman–Crippen MR) is 112 cm³/mol. The standard InChI is InChI=1S/C22H22N4O4/c27-20(23-17-7-4-8-18(15-17)25-13-14-30-22(25)29)9-10-21(28)26-12-11-19(24-26)16-5-2-1-3-6-16/h1-8,15H,9-14H2,(H,23,27). The van der Waals surface area contributed by atoms with Crippen molar-refractivity contribution in [2.75, 3.05) is 29.9 Å². The number of hydrogen-bond acceptors (Lipinski definition) is 5. The summed E-state index contributed by atoms with van der Waals surface area (Å²) in [6.45, 7) is 1.35. The third-order valence-corrected chi connectivity index (χ3v) is 4.97. The number of cyclic esters (lactones) is 1. The number of nitrogens with one attached hydrogen (secondary N) is 1. The molecular formula is C22H22N4O4. The fourth-order valence-corrected chi connectivity index (χ4v) is 3.42. The Kier molecular flexibility index (Phi) is 5.74. The molecule has 0 spiro atoms. The lowest BCUT2D eigenvalue weighted by molar-refractivity contribution is -0.132.